The predicted molar refractivity (Wildman–Crippen MR) is 49.7 cm³/mol. The molecule has 1 heterocycles. The summed E-state index contributed by atoms with van der Waals surface area (Å²) in [5, 5.41) is 6.46. The highest BCUT2D eigenvalue weighted by Crippen LogP contribution is 2.02. The van der Waals surface area contributed by atoms with Gasteiger partial charge in [0.2, 0.25) is 0 Å². The Hall–Kier alpha value is -1.58. The van der Waals surface area contributed by atoms with Gasteiger partial charge in [0.25, 0.3) is 0 Å². The molecule has 0 unspecified atom stereocenters. The number of nitrogens with one attached hydrogen (secondary N) is 1. The van der Waals surface area contributed by atoms with E-state index in [2.05, 4.69) is 15.6 Å². The van der Waals surface area contributed by atoms with Crippen molar-refractivity contribution in [2.24, 2.45) is 0 Å². The zero-order chi connectivity index (χ0) is 9.52. The topological polar surface area (TPSA) is 56.1 Å². The fourth-order valence-electron chi connectivity index (χ4n) is 0.807. The summed E-state index contributed by atoms with van der Waals surface area (Å²) in [6, 6.07) is 3.07. The molecule has 0 saturated heterocycles. The van der Waals surface area contributed by atoms with E-state index in [-0.39, 0.29) is 6.03 Å². The molecule has 1 rings (SSSR count). The van der Waals surface area contributed by atoms with Crippen LogP contribution in [-0.4, -0.2) is 17.6 Å². The van der Waals surface area contributed by atoms with Gasteiger partial charge < -0.3 is 5.32 Å². The van der Waals surface area contributed by atoms with Gasteiger partial charge in [0.15, 0.2) is 0 Å². The summed E-state index contributed by atoms with van der Waals surface area (Å²) in [6.45, 7) is 2.65. The van der Waals surface area contributed by atoms with Crippen LogP contribution in [0.2, 0.25) is 0 Å². The Morgan fingerprint density at radius 1 is 1.54 bits per heavy atom. The van der Waals surface area contributed by atoms with E-state index < -0.39 is 0 Å². The molecule has 1 aromatic rings. The second-order valence-corrected chi connectivity index (χ2v) is 2.55. The van der Waals surface area contributed by atoms with Crippen LogP contribution in [0.15, 0.2) is 24.5 Å². The Kier molecular flexibility index (Phi) is 3.75. The molecule has 69 valence electrons. The summed E-state index contributed by atoms with van der Waals surface area (Å²) in [5.41, 5.74) is 0.628. The lowest BCUT2D eigenvalue weighted by Crippen LogP contribution is -2.28. The maximum Gasteiger partial charge on any atom is 0.341 e. The van der Waals surface area contributed by atoms with Crippen LogP contribution in [0.5, 0.6) is 0 Å². The van der Waals surface area contributed by atoms with Gasteiger partial charge >= 0.3 is 6.03 Å². The fourth-order valence-corrected chi connectivity index (χ4v) is 0.807. The molecule has 13 heavy (non-hydrogen) atoms. The number of urea groups is 1. The molecule has 0 saturated carbocycles. The molecule has 1 N–H and O–H groups in total. The highest BCUT2D eigenvalue weighted by Gasteiger charge is 2.00. The standard InChI is InChI=1S/C9H12N3O/c1-2-5-11-9(13)12-8-3-6-10-7-4-8/h3-4,6-7H,2,5H2,1H3,(H,11,13). The van der Waals surface area contributed by atoms with Gasteiger partial charge in [-0.3, -0.25) is 4.98 Å². The molecule has 0 aliphatic carbocycles. The average molecular weight is 178 g/mol. The van der Waals surface area contributed by atoms with Crippen LogP contribution in [-0.2, 0) is 0 Å². The molecular weight excluding hydrogens is 166 g/mol. The second-order valence-electron chi connectivity index (χ2n) is 2.55. The molecule has 0 atom stereocenters. The third kappa shape index (κ3) is 3.55. The van der Waals surface area contributed by atoms with E-state index in [4.69, 9.17) is 0 Å². The molecule has 1 aromatic heterocycles. The number of amides is 2. The highest BCUT2D eigenvalue weighted by molar-refractivity contribution is 5.78. The molecule has 0 aliphatic rings. The van der Waals surface area contributed by atoms with Crippen LogP contribution in [0.4, 0.5) is 10.5 Å². The number of aromatic nitrogens is 1. The second kappa shape index (κ2) is 5.13. The van der Waals surface area contributed by atoms with Crippen molar-refractivity contribution in [3.8, 4) is 0 Å². The smallest absolute Gasteiger partial charge is 0.336 e. The van der Waals surface area contributed by atoms with Gasteiger partial charge in [0.05, 0.1) is 5.69 Å². The van der Waals surface area contributed by atoms with Crippen molar-refractivity contribution in [1.29, 1.82) is 0 Å². The lowest BCUT2D eigenvalue weighted by molar-refractivity contribution is 0.244. The van der Waals surface area contributed by atoms with Crippen molar-refractivity contribution in [1.82, 2.24) is 15.6 Å². The third-order valence-electron chi connectivity index (χ3n) is 1.42. The summed E-state index contributed by atoms with van der Waals surface area (Å²) in [4.78, 5) is 14.9. The Labute approximate surface area is 77.4 Å². The zero-order valence-corrected chi connectivity index (χ0v) is 7.53. The first kappa shape index (κ1) is 9.51. The van der Waals surface area contributed by atoms with E-state index >= 15 is 0 Å². The van der Waals surface area contributed by atoms with Crippen molar-refractivity contribution in [3.05, 3.63) is 24.5 Å². The van der Waals surface area contributed by atoms with E-state index in [1.54, 1.807) is 24.5 Å². The Balaban J connectivity index is 2.37. The first-order valence-electron chi connectivity index (χ1n) is 4.22. The number of nitrogens with zero attached hydrogens (tertiary/aromatic N) is 2. The van der Waals surface area contributed by atoms with Crippen LogP contribution in [0.1, 0.15) is 13.3 Å². The van der Waals surface area contributed by atoms with E-state index in [1.165, 1.54) is 0 Å². The number of pyridine rings is 1. The summed E-state index contributed by atoms with van der Waals surface area (Å²) < 4.78 is 0. The maximum absolute atomic E-state index is 11.1. The van der Waals surface area contributed by atoms with Gasteiger partial charge in [-0.25, -0.2) is 4.79 Å². The monoisotopic (exact) mass is 178 g/mol. The molecule has 2 amide bonds. The Morgan fingerprint density at radius 3 is 2.85 bits per heavy atom. The van der Waals surface area contributed by atoms with Crippen LogP contribution in [0.25, 0.3) is 0 Å². The summed E-state index contributed by atoms with van der Waals surface area (Å²) >= 11 is 0. The molecule has 0 aromatic carbocycles. The molecule has 0 fully saturated rings. The molecule has 0 bridgehead atoms. The van der Waals surface area contributed by atoms with Gasteiger partial charge in [-0.1, -0.05) is 6.92 Å². The molecular formula is C9H12N3O. The molecule has 1 radical (unpaired) electrons. The van der Waals surface area contributed by atoms with Crippen molar-refractivity contribution >= 4 is 11.7 Å². The van der Waals surface area contributed by atoms with Crippen LogP contribution < -0.4 is 10.6 Å². The lowest BCUT2D eigenvalue weighted by atomic mass is 10.4. The van der Waals surface area contributed by atoms with Crippen LogP contribution in [0.3, 0.4) is 0 Å². The fraction of sp³-hybridized carbons (Fsp3) is 0.333. The van der Waals surface area contributed by atoms with Crippen LogP contribution in [0, 0.1) is 0 Å². The van der Waals surface area contributed by atoms with Crippen molar-refractivity contribution in [2.45, 2.75) is 13.3 Å². The number of carbonyl (C=O) groups excluding carboxylic acids is 1. The number of carbonyl (C=O) groups is 1. The first-order valence-corrected chi connectivity index (χ1v) is 4.22. The minimum atomic E-state index is -0.298. The van der Waals surface area contributed by atoms with Gasteiger partial charge in [0, 0.05) is 18.9 Å². The van der Waals surface area contributed by atoms with Crippen LogP contribution >= 0.6 is 0 Å². The summed E-state index contributed by atoms with van der Waals surface area (Å²) in [5.74, 6) is 0. The van der Waals surface area contributed by atoms with Gasteiger partial charge in [-0.15, -0.1) is 0 Å². The predicted octanol–water partition coefficient (Wildman–Crippen LogP) is 1.44. The average Bonchev–Trinajstić information content (AvgIpc) is 2.16. The highest BCUT2D eigenvalue weighted by atomic mass is 16.2. The summed E-state index contributed by atoms with van der Waals surface area (Å²) in [6.07, 6.45) is 4.12. The first-order chi connectivity index (χ1) is 6.33. The SMILES string of the molecule is CCCNC(=O)[N]c1ccncc1. The van der Waals surface area contributed by atoms with Gasteiger partial charge in [0.1, 0.15) is 0 Å². The molecule has 0 aliphatic heterocycles. The number of rotatable bonds is 3. The third-order valence-corrected chi connectivity index (χ3v) is 1.42. The van der Waals surface area contributed by atoms with E-state index in [9.17, 15) is 4.79 Å². The van der Waals surface area contributed by atoms with Crippen molar-refractivity contribution in [2.75, 3.05) is 6.54 Å². The number of hydrogen-bond acceptors (Lipinski definition) is 2. The van der Waals surface area contributed by atoms with Gasteiger partial charge in [-0.2, -0.15) is 5.32 Å². The normalized spacial score (nSPS) is 9.31. The lowest BCUT2D eigenvalue weighted by Gasteiger charge is -2.02. The largest absolute Gasteiger partial charge is 0.341 e. The summed E-state index contributed by atoms with van der Waals surface area (Å²) in [7, 11) is 0. The van der Waals surface area contributed by atoms with Crippen molar-refractivity contribution < 1.29 is 4.79 Å². The zero-order valence-electron chi connectivity index (χ0n) is 7.53. The van der Waals surface area contributed by atoms with Crippen molar-refractivity contribution in [3.63, 3.8) is 0 Å². The van der Waals surface area contributed by atoms with Gasteiger partial charge in [-0.05, 0) is 18.6 Å². The maximum atomic E-state index is 11.1. The minimum absolute atomic E-state index is 0.298. The molecule has 0 spiro atoms. The quantitative estimate of drug-likeness (QED) is 0.761. The number of hydrogen-bond donors (Lipinski definition) is 1. The van der Waals surface area contributed by atoms with E-state index in [0.717, 1.165) is 6.42 Å². The Bertz CT molecular complexity index is 261. The van der Waals surface area contributed by atoms with E-state index in [0.29, 0.717) is 12.2 Å². The Morgan fingerprint density at radius 2 is 2.23 bits per heavy atom. The molecule has 4 nitrogen and oxygen atoms in total. The van der Waals surface area contributed by atoms with E-state index in [1.807, 2.05) is 6.92 Å². The minimum Gasteiger partial charge on any atom is -0.336 e. The molecule has 4 heteroatoms.